The van der Waals surface area contributed by atoms with Crippen molar-refractivity contribution in [2.45, 2.75) is 11.3 Å². The molecule has 0 aromatic heterocycles. The minimum absolute atomic E-state index is 0.0106. The van der Waals surface area contributed by atoms with Gasteiger partial charge in [0.25, 0.3) is 10.0 Å². The van der Waals surface area contributed by atoms with Crippen LogP contribution in [-0.4, -0.2) is 50.3 Å². The summed E-state index contributed by atoms with van der Waals surface area (Å²) < 4.78 is 97.0. The van der Waals surface area contributed by atoms with E-state index in [9.17, 15) is 21.6 Å². The maximum Gasteiger partial charge on any atom is 0.573 e. The number of anilines is 1. The average molecular weight is 570 g/mol. The molecule has 0 heterocycles. The van der Waals surface area contributed by atoms with E-state index >= 15 is 0 Å². The molecule has 0 unspecified atom stereocenters. The molecular formula is C26H26F3NO8S. The van der Waals surface area contributed by atoms with Gasteiger partial charge in [-0.1, -0.05) is 18.2 Å². The largest absolute Gasteiger partial charge is 0.573 e. The second kappa shape index (κ2) is 12.1. The molecule has 0 aliphatic rings. The molecule has 3 rings (SSSR count). The summed E-state index contributed by atoms with van der Waals surface area (Å²) in [7, 11) is 2.80. The molecule has 0 amide bonds. The molecular weight excluding hydrogens is 543 g/mol. The van der Waals surface area contributed by atoms with Gasteiger partial charge in [0.05, 0.1) is 46.1 Å². The highest BCUT2D eigenvalue weighted by atomic mass is 32.2. The molecule has 39 heavy (non-hydrogen) atoms. The molecule has 3 aromatic carbocycles. The molecule has 0 saturated heterocycles. The minimum Gasteiger partial charge on any atom is -0.493 e. The van der Waals surface area contributed by atoms with Crippen molar-refractivity contribution in [1.82, 2.24) is 0 Å². The highest BCUT2D eigenvalue weighted by Crippen LogP contribution is 2.40. The Morgan fingerprint density at radius 1 is 0.718 bits per heavy atom. The predicted octanol–water partition coefficient (Wildman–Crippen LogP) is 5.60. The Bertz CT molecular complexity index is 1430. The van der Waals surface area contributed by atoms with E-state index in [4.69, 9.17) is 23.7 Å². The Balaban J connectivity index is 2.01. The van der Waals surface area contributed by atoms with Crippen molar-refractivity contribution < 1.29 is 50.0 Å². The van der Waals surface area contributed by atoms with Crippen LogP contribution in [0.15, 0.2) is 53.4 Å². The zero-order valence-electron chi connectivity index (χ0n) is 21.6. The second-order valence-corrected chi connectivity index (χ2v) is 9.41. The van der Waals surface area contributed by atoms with Crippen molar-refractivity contribution in [2.24, 2.45) is 0 Å². The lowest BCUT2D eigenvalue weighted by atomic mass is 10.1. The predicted molar refractivity (Wildman–Crippen MR) is 139 cm³/mol. The number of sulfonamides is 1. The van der Waals surface area contributed by atoms with Gasteiger partial charge in [-0.15, -0.1) is 13.2 Å². The van der Waals surface area contributed by atoms with Crippen molar-refractivity contribution in [3.8, 4) is 34.5 Å². The number of hydrogen-bond acceptors (Lipinski definition) is 8. The molecule has 0 fully saturated rings. The molecule has 0 spiro atoms. The lowest BCUT2D eigenvalue weighted by Gasteiger charge is -2.16. The summed E-state index contributed by atoms with van der Waals surface area (Å²) in [5.41, 5.74) is 1.18. The van der Waals surface area contributed by atoms with E-state index in [1.54, 1.807) is 30.4 Å². The first-order valence-electron chi connectivity index (χ1n) is 11.1. The Morgan fingerprint density at radius 2 is 1.23 bits per heavy atom. The van der Waals surface area contributed by atoms with Gasteiger partial charge < -0.3 is 28.4 Å². The van der Waals surface area contributed by atoms with Gasteiger partial charge in [0, 0.05) is 6.07 Å². The van der Waals surface area contributed by atoms with Gasteiger partial charge in [-0.05, 0) is 47.5 Å². The topological polar surface area (TPSA) is 102 Å². The van der Waals surface area contributed by atoms with Crippen LogP contribution in [0, 0.1) is 0 Å². The fraction of sp³-hybridized carbons (Fsp3) is 0.231. The van der Waals surface area contributed by atoms with Crippen molar-refractivity contribution in [3.05, 3.63) is 59.7 Å². The van der Waals surface area contributed by atoms with Gasteiger partial charge in [0.1, 0.15) is 5.75 Å². The SMILES string of the molecule is COc1cc(C=Cc2cc(OC)c(OC)c(OC)c2)cc(NS(=O)(=O)c2cccc(OC(F)(F)F)c2)c1OC. The van der Waals surface area contributed by atoms with Gasteiger partial charge in [0.15, 0.2) is 23.0 Å². The normalized spacial score (nSPS) is 11.7. The number of methoxy groups -OCH3 is 5. The summed E-state index contributed by atoms with van der Waals surface area (Å²) in [5, 5.41) is 0. The van der Waals surface area contributed by atoms with Crippen LogP contribution in [0.4, 0.5) is 18.9 Å². The number of hydrogen-bond donors (Lipinski definition) is 1. The number of rotatable bonds is 11. The standard InChI is InChI=1S/C26H26F3NO8S/c1-33-21-12-16(9-10-17-13-22(34-2)25(37-5)23(14-17)35-3)11-20(24(21)36-4)30-39(31,32)19-8-6-7-18(15-19)38-26(27,28)29/h6-15,30H,1-5H3. The Kier molecular flexibility index (Phi) is 9.07. The smallest absolute Gasteiger partial charge is 0.493 e. The molecule has 210 valence electrons. The maximum absolute atomic E-state index is 13.1. The van der Waals surface area contributed by atoms with Crippen molar-refractivity contribution in [2.75, 3.05) is 40.3 Å². The van der Waals surface area contributed by atoms with E-state index < -0.39 is 27.0 Å². The first-order valence-corrected chi connectivity index (χ1v) is 12.6. The molecule has 0 saturated carbocycles. The third-order valence-corrected chi connectivity index (χ3v) is 6.61. The first kappa shape index (κ1) is 29.3. The molecule has 0 bridgehead atoms. The molecule has 0 aliphatic carbocycles. The van der Waals surface area contributed by atoms with E-state index in [0.717, 1.165) is 24.3 Å². The molecule has 0 atom stereocenters. The highest BCUT2D eigenvalue weighted by molar-refractivity contribution is 7.92. The van der Waals surface area contributed by atoms with Crippen molar-refractivity contribution in [1.29, 1.82) is 0 Å². The summed E-state index contributed by atoms with van der Waals surface area (Å²) in [6.45, 7) is 0. The lowest BCUT2D eigenvalue weighted by molar-refractivity contribution is -0.274. The monoisotopic (exact) mass is 569 g/mol. The summed E-state index contributed by atoms with van der Waals surface area (Å²) in [6, 6.07) is 10.5. The fourth-order valence-electron chi connectivity index (χ4n) is 3.59. The number of nitrogens with one attached hydrogen (secondary N) is 1. The zero-order chi connectivity index (χ0) is 28.8. The van der Waals surface area contributed by atoms with E-state index in [-0.39, 0.29) is 17.2 Å². The van der Waals surface area contributed by atoms with E-state index in [0.29, 0.717) is 28.4 Å². The molecule has 0 aliphatic heterocycles. The van der Waals surface area contributed by atoms with E-state index in [1.165, 1.54) is 41.6 Å². The number of halogens is 3. The fourth-order valence-corrected chi connectivity index (χ4v) is 4.68. The third-order valence-electron chi connectivity index (χ3n) is 5.25. The van der Waals surface area contributed by atoms with Crippen LogP contribution in [0.2, 0.25) is 0 Å². The van der Waals surface area contributed by atoms with Crippen LogP contribution in [-0.2, 0) is 10.0 Å². The highest BCUT2D eigenvalue weighted by Gasteiger charge is 2.31. The van der Waals surface area contributed by atoms with Crippen LogP contribution in [0.25, 0.3) is 12.2 Å². The summed E-state index contributed by atoms with van der Waals surface area (Å²) in [6.07, 6.45) is -1.58. The van der Waals surface area contributed by atoms with Gasteiger partial charge in [0.2, 0.25) is 5.75 Å². The number of ether oxygens (including phenoxy) is 6. The Labute approximate surface area is 223 Å². The first-order chi connectivity index (χ1) is 18.4. The average Bonchev–Trinajstić information content (AvgIpc) is 2.89. The van der Waals surface area contributed by atoms with Gasteiger partial charge in [-0.2, -0.15) is 0 Å². The van der Waals surface area contributed by atoms with Crippen LogP contribution >= 0.6 is 0 Å². The molecule has 9 nitrogen and oxygen atoms in total. The van der Waals surface area contributed by atoms with Crippen molar-refractivity contribution >= 4 is 27.9 Å². The molecule has 3 aromatic rings. The number of alkyl halides is 3. The third kappa shape index (κ3) is 7.19. The Morgan fingerprint density at radius 3 is 1.72 bits per heavy atom. The maximum atomic E-state index is 13.1. The van der Waals surface area contributed by atoms with Gasteiger partial charge >= 0.3 is 6.36 Å². The Hall–Kier alpha value is -4.26. The minimum atomic E-state index is -4.98. The van der Waals surface area contributed by atoms with Gasteiger partial charge in [-0.3, -0.25) is 4.72 Å². The summed E-state index contributed by atoms with van der Waals surface area (Å²) in [5.74, 6) is 0.884. The van der Waals surface area contributed by atoms with Crippen LogP contribution in [0.5, 0.6) is 34.5 Å². The lowest BCUT2D eigenvalue weighted by Crippen LogP contribution is -2.18. The molecule has 1 N–H and O–H groups in total. The summed E-state index contributed by atoms with van der Waals surface area (Å²) >= 11 is 0. The zero-order valence-corrected chi connectivity index (χ0v) is 22.4. The van der Waals surface area contributed by atoms with Crippen LogP contribution in [0.3, 0.4) is 0 Å². The van der Waals surface area contributed by atoms with Gasteiger partial charge in [-0.25, -0.2) is 8.42 Å². The van der Waals surface area contributed by atoms with Crippen LogP contribution in [0.1, 0.15) is 11.1 Å². The van der Waals surface area contributed by atoms with E-state index in [1.807, 2.05) is 0 Å². The molecule has 0 radical (unpaired) electrons. The van der Waals surface area contributed by atoms with Crippen LogP contribution < -0.4 is 33.1 Å². The van der Waals surface area contributed by atoms with Crippen molar-refractivity contribution in [3.63, 3.8) is 0 Å². The second-order valence-electron chi connectivity index (χ2n) is 7.72. The molecule has 13 heteroatoms. The quantitative estimate of drug-likeness (QED) is 0.298. The number of benzene rings is 3. The summed E-state index contributed by atoms with van der Waals surface area (Å²) in [4.78, 5) is -0.455. The van der Waals surface area contributed by atoms with E-state index in [2.05, 4.69) is 9.46 Å².